The minimum absolute atomic E-state index is 0.243. The average molecular weight is 587 g/mol. The van der Waals surface area contributed by atoms with Crippen molar-refractivity contribution < 1.29 is 19.4 Å². The first-order valence-corrected chi connectivity index (χ1v) is 18.1. The van der Waals surface area contributed by atoms with E-state index in [1.807, 2.05) is 0 Å². The number of hydrogen-bond acceptors (Lipinski definition) is 3. The van der Waals surface area contributed by atoms with Gasteiger partial charge in [0, 0.05) is 0 Å². The van der Waals surface area contributed by atoms with Gasteiger partial charge < -0.3 is 9.84 Å². The van der Waals surface area contributed by atoms with Gasteiger partial charge in [-0.3, -0.25) is 0 Å². The highest BCUT2D eigenvalue weighted by Crippen LogP contribution is 2.19. The molecule has 1 aromatic rings. The summed E-state index contributed by atoms with van der Waals surface area (Å²) in [6.07, 6.45) is 34.3. The van der Waals surface area contributed by atoms with Crippen LogP contribution < -0.4 is 0 Å². The summed E-state index contributed by atoms with van der Waals surface area (Å²) in [7, 11) is 0. The van der Waals surface area contributed by atoms with E-state index >= 15 is 0 Å². The molecular weight excluding hydrogens is 520 g/mol. The zero-order valence-corrected chi connectivity index (χ0v) is 27.7. The van der Waals surface area contributed by atoms with Gasteiger partial charge in [-0.2, -0.15) is 0 Å². The van der Waals surface area contributed by atoms with E-state index in [2.05, 4.69) is 13.8 Å². The molecule has 0 amide bonds. The van der Waals surface area contributed by atoms with Crippen molar-refractivity contribution >= 4 is 11.9 Å². The normalized spacial score (nSPS) is 11.2. The molecule has 0 radical (unpaired) electrons. The molecule has 0 saturated heterocycles. The third kappa shape index (κ3) is 20.9. The molecule has 0 spiro atoms. The number of carboxylic acid groups (broad SMARTS) is 1. The van der Waals surface area contributed by atoms with Crippen LogP contribution in [0.3, 0.4) is 0 Å². The lowest BCUT2D eigenvalue weighted by Gasteiger charge is -2.11. The maximum atomic E-state index is 12.8. The number of carbonyl (C=O) groups is 2. The number of aromatic carboxylic acids is 1. The molecule has 0 aliphatic carbocycles. The van der Waals surface area contributed by atoms with Gasteiger partial charge in [0.05, 0.1) is 17.7 Å². The molecule has 0 heterocycles. The second-order valence-electron chi connectivity index (χ2n) is 12.5. The highest BCUT2D eigenvalue weighted by Gasteiger charge is 2.15. The first kappa shape index (κ1) is 38.2. The minimum Gasteiger partial charge on any atom is -0.478 e. The Hall–Kier alpha value is -1.84. The molecular formula is C38H66O4. The van der Waals surface area contributed by atoms with Crippen molar-refractivity contribution in [1.82, 2.24) is 0 Å². The van der Waals surface area contributed by atoms with Crippen LogP contribution in [-0.4, -0.2) is 23.7 Å². The number of ether oxygens (including phenoxy) is 1. The molecule has 0 unspecified atom stereocenters. The first-order valence-electron chi connectivity index (χ1n) is 18.1. The summed E-state index contributed by atoms with van der Waals surface area (Å²) in [6, 6.07) is 4.84. The summed E-state index contributed by atoms with van der Waals surface area (Å²) in [4.78, 5) is 24.3. The Morgan fingerprint density at radius 3 is 1.33 bits per heavy atom. The molecule has 0 bridgehead atoms. The third-order valence-corrected chi connectivity index (χ3v) is 8.60. The average Bonchev–Trinajstić information content (AvgIpc) is 2.99. The largest absolute Gasteiger partial charge is 0.478 e. The Labute approximate surface area is 259 Å². The van der Waals surface area contributed by atoms with E-state index in [4.69, 9.17) is 4.74 Å². The fourth-order valence-corrected chi connectivity index (χ4v) is 5.83. The van der Waals surface area contributed by atoms with E-state index in [0.29, 0.717) is 12.2 Å². The molecule has 1 N–H and O–H groups in total. The second-order valence-corrected chi connectivity index (χ2v) is 12.5. The Kier molecular flexibility index (Phi) is 25.4. The summed E-state index contributed by atoms with van der Waals surface area (Å²) in [5.74, 6) is -1.26. The first-order chi connectivity index (χ1) is 20.6. The predicted molar refractivity (Wildman–Crippen MR) is 179 cm³/mol. The van der Waals surface area contributed by atoms with Crippen molar-refractivity contribution in [3.8, 4) is 0 Å². The highest BCUT2D eigenvalue weighted by atomic mass is 16.5. The molecule has 0 saturated carbocycles. The Balaban J connectivity index is 2.18. The number of rotatable bonds is 30. The van der Waals surface area contributed by atoms with Gasteiger partial charge in [-0.25, -0.2) is 9.59 Å². The van der Waals surface area contributed by atoms with Crippen LogP contribution in [0.1, 0.15) is 207 Å². The molecule has 0 aliphatic rings. The molecule has 4 heteroatoms. The summed E-state index contributed by atoms with van der Waals surface area (Å²) >= 11 is 0. The zero-order valence-electron chi connectivity index (χ0n) is 27.7. The Morgan fingerprint density at radius 2 is 0.929 bits per heavy atom. The van der Waals surface area contributed by atoms with E-state index in [1.54, 1.807) is 12.1 Å². The van der Waals surface area contributed by atoms with Crippen molar-refractivity contribution in [3.63, 3.8) is 0 Å². The number of hydrogen-bond donors (Lipinski definition) is 1. The number of carbonyl (C=O) groups excluding carboxylic acids is 1. The van der Waals surface area contributed by atoms with Gasteiger partial charge in [0.25, 0.3) is 0 Å². The quantitative estimate of drug-likeness (QED) is 0.0719. The summed E-state index contributed by atoms with van der Waals surface area (Å²) < 4.78 is 5.59. The fraction of sp³-hybridized carbons (Fsp3) is 0.789. The lowest BCUT2D eigenvalue weighted by molar-refractivity contribution is 0.0495. The molecule has 242 valence electrons. The summed E-state index contributed by atoms with van der Waals surface area (Å²) in [5.41, 5.74) is 1.59. The SMILES string of the molecule is CCCCCCCCCCCCCCCCCCc1cc(C(=O)O)ccc1C(=O)OCCCCCCCCCCCC. The topological polar surface area (TPSA) is 63.6 Å². The van der Waals surface area contributed by atoms with E-state index in [-0.39, 0.29) is 11.5 Å². The number of benzene rings is 1. The van der Waals surface area contributed by atoms with Crippen LogP contribution >= 0.6 is 0 Å². The number of unbranched alkanes of at least 4 members (excludes halogenated alkanes) is 24. The molecule has 0 fully saturated rings. The van der Waals surface area contributed by atoms with Crippen molar-refractivity contribution in [2.75, 3.05) is 6.61 Å². The lowest BCUT2D eigenvalue weighted by atomic mass is 9.97. The molecule has 1 aromatic carbocycles. The number of aryl methyl sites for hydroxylation is 1. The van der Waals surface area contributed by atoms with Gasteiger partial charge >= 0.3 is 11.9 Å². The van der Waals surface area contributed by atoms with Crippen molar-refractivity contribution in [2.24, 2.45) is 0 Å². The summed E-state index contributed by atoms with van der Waals surface area (Å²) in [6.45, 7) is 4.97. The van der Waals surface area contributed by atoms with Crippen molar-refractivity contribution in [1.29, 1.82) is 0 Å². The summed E-state index contributed by atoms with van der Waals surface area (Å²) in [5, 5.41) is 9.45. The van der Waals surface area contributed by atoms with E-state index < -0.39 is 5.97 Å². The zero-order chi connectivity index (χ0) is 30.5. The predicted octanol–water partition coefficient (Wildman–Crippen LogP) is 12.3. The standard InChI is InChI=1S/C38H66O4/c1-3-5-7-9-11-13-15-16-17-18-19-20-21-23-25-27-29-34-33-35(37(39)40)30-31-36(34)38(41)42-32-28-26-24-22-14-12-10-8-6-4-2/h30-31,33H,3-29,32H2,1-2H3,(H,39,40). The molecule has 42 heavy (non-hydrogen) atoms. The van der Waals surface area contributed by atoms with Crippen LogP contribution in [0.4, 0.5) is 0 Å². The van der Waals surface area contributed by atoms with Gasteiger partial charge in [-0.1, -0.05) is 168 Å². The fourth-order valence-electron chi connectivity index (χ4n) is 5.83. The Bertz CT molecular complexity index is 787. The van der Waals surface area contributed by atoms with Crippen LogP contribution in [0.5, 0.6) is 0 Å². The van der Waals surface area contributed by atoms with Crippen LogP contribution in [-0.2, 0) is 11.2 Å². The Morgan fingerprint density at radius 1 is 0.548 bits per heavy atom. The number of carboxylic acids is 1. The van der Waals surface area contributed by atoms with Gasteiger partial charge in [0.2, 0.25) is 0 Å². The van der Waals surface area contributed by atoms with E-state index in [0.717, 1.165) is 37.7 Å². The minimum atomic E-state index is -0.950. The van der Waals surface area contributed by atoms with Gasteiger partial charge in [0.1, 0.15) is 0 Å². The lowest BCUT2D eigenvalue weighted by Crippen LogP contribution is -2.11. The van der Waals surface area contributed by atoms with Gasteiger partial charge in [-0.05, 0) is 43.0 Å². The van der Waals surface area contributed by atoms with E-state index in [1.165, 1.54) is 147 Å². The maximum absolute atomic E-state index is 12.8. The molecule has 4 nitrogen and oxygen atoms in total. The van der Waals surface area contributed by atoms with Gasteiger partial charge in [-0.15, -0.1) is 0 Å². The van der Waals surface area contributed by atoms with Gasteiger partial charge in [0.15, 0.2) is 0 Å². The molecule has 0 aliphatic heterocycles. The van der Waals surface area contributed by atoms with Crippen LogP contribution in [0.2, 0.25) is 0 Å². The third-order valence-electron chi connectivity index (χ3n) is 8.60. The maximum Gasteiger partial charge on any atom is 0.338 e. The molecule has 1 rings (SSSR count). The van der Waals surface area contributed by atoms with Crippen LogP contribution in [0, 0.1) is 0 Å². The van der Waals surface area contributed by atoms with Crippen LogP contribution in [0.25, 0.3) is 0 Å². The van der Waals surface area contributed by atoms with Crippen molar-refractivity contribution in [3.05, 3.63) is 34.9 Å². The van der Waals surface area contributed by atoms with Crippen molar-refractivity contribution in [2.45, 2.75) is 187 Å². The molecule has 0 atom stereocenters. The monoisotopic (exact) mass is 586 g/mol. The van der Waals surface area contributed by atoms with Crippen LogP contribution in [0.15, 0.2) is 18.2 Å². The smallest absolute Gasteiger partial charge is 0.338 e. The molecule has 0 aromatic heterocycles. The van der Waals surface area contributed by atoms with E-state index in [9.17, 15) is 14.7 Å². The number of esters is 1. The highest BCUT2D eigenvalue weighted by molar-refractivity contribution is 5.94. The second kappa shape index (κ2) is 28.0.